The molecule has 0 bridgehead atoms. The van der Waals surface area contributed by atoms with E-state index in [0.29, 0.717) is 26.2 Å². The van der Waals surface area contributed by atoms with E-state index in [-0.39, 0.29) is 36.4 Å². The van der Waals surface area contributed by atoms with E-state index in [2.05, 4.69) is 5.32 Å². The van der Waals surface area contributed by atoms with Gasteiger partial charge in [-0.05, 0) is 54.8 Å². The highest BCUT2D eigenvalue weighted by Gasteiger charge is 2.28. The molecule has 4 rings (SSSR count). The lowest BCUT2D eigenvalue weighted by atomic mass is 9.96. The second-order valence-electron chi connectivity index (χ2n) is 9.26. The second kappa shape index (κ2) is 12.3. The number of hydrogen-bond acceptors (Lipinski definition) is 4. The summed E-state index contributed by atoms with van der Waals surface area (Å²) in [4.78, 5) is 31.2. The Kier molecular flexibility index (Phi) is 8.93. The van der Waals surface area contributed by atoms with E-state index in [0.717, 1.165) is 49.0 Å². The Morgan fingerprint density at radius 3 is 2.47 bits per heavy atom. The van der Waals surface area contributed by atoms with Crippen LogP contribution in [0, 0.1) is 5.82 Å². The summed E-state index contributed by atoms with van der Waals surface area (Å²) in [7, 11) is 0. The first-order valence-corrected chi connectivity index (χ1v) is 13.2. The average molecular weight is 488 g/mol. The molecule has 1 aliphatic carbocycles. The zero-order valence-corrected chi connectivity index (χ0v) is 20.4. The number of nitrogens with one attached hydrogen (secondary N) is 1. The molecule has 2 aromatic rings. The fraction of sp³-hybridized carbons (Fsp3) is 0.538. The summed E-state index contributed by atoms with van der Waals surface area (Å²) in [6.07, 6.45) is 7.29. The Balaban J connectivity index is 1.46. The van der Waals surface area contributed by atoms with Gasteiger partial charge in [-0.2, -0.15) is 0 Å². The SMILES string of the molecule is O=C(CN(CC1CCCO1)C(=O)NC1CCCCC1)N(Cc1ccc(F)cc1)Cc1cccs1. The first-order chi connectivity index (χ1) is 16.6. The van der Waals surface area contributed by atoms with Gasteiger partial charge in [0.15, 0.2) is 0 Å². The molecule has 184 valence electrons. The predicted octanol–water partition coefficient (Wildman–Crippen LogP) is 4.94. The molecule has 1 aromatic carbocycles. The monoisotopic (exact) mass is 487 g/mol. The van der Waals surface area contributed by atoms with E-state index in [1.54, 1.807) is 33.3 Å². The van der Waals surface area contributed by atoms with Crippen LogP contribution in [0.15, 0.2) is 41.8 Å². The maximum atomic E-state index is 13.5. The Morgan fingerprint density at radius 2 is 1.79 bits per heavy atom. The third kappa shape index (κ3) is 7.27. The van der Waals surface area contributed by atoms with Crippen molar-refractivity contribution >= 4 is 23.3 Å². The quantitative estimate of drug-likeness (QED) is 0.545. The van der Waals surface area contributed by atoms with Crippen LogP contribution in [0.25, 0.3) is 0 Å². The third-order valence-corrected chi connectivity index (χ3v) is 7.42. The summed E-state index contributed by atoms with van der Waals surface area (Å²) in [6.45, 7) is 1.91. The Morgan fingerprint density at radius 1 is 1.00 bits per heavy atom. The number of carbonyl (C=O) groups excluding carboxylic acids is 2. The van der Waals surface area contributed by atoms with Gasteiger partial charge in [0.25, 0.3) is 0 Å². The molecule has 2 fully saturated rings. The minimum Gasteiger partial charge on any atom is -0.376 e. The minimum atomic E-state index is -0.304. The highest BCUT2D eigenvalue weighted by Crippen LogP contribution is 2.20. The van der Waals surface area contributed by atoms with Gasteiger partial charge in [0, 0.05) is 30.6 Å². The average Bonchev–Trinajstić information content (AvgIpc) is 3.55. The van der Waals surface area contributed by atoms with E-state index in [4.69, 9.17) is 4.74 Å². The Bertz CT molecular complexity index is 910. The van der Waals surface area contributed by atoms with Gasteiger partial charge in [0.2, 0.25) is 5.91 Å². The third-order valence-electron chi connectivity index (χ3n) is 6.56. The summed E-state index contributed by atoms with van der Waals surface area (Å²) in [5, 5.41) is 5.14. The molecule has 34 heavy (non-hydrogen) atoms. The van der Waals surface area contributed by atoms with Crippen molar-refractivity contribution in [1.29, 1.82) is 0 Å². The van der Waals surface area contributed by atoms with Gasteiger partial charge in [0.1, 0.15) is 12.4 Å². The smallest absolute Gasteiger partial charge is 0.318 e. The van der Waals surface area contributed by atoms with Crippen molar-refractivity contribution in [1.82, 2.24) is 15.1 Å². The number of ether oxygens (including phenoxy) is 1. The van der Waals surface area contributed by atoms with Gasteiger partial charge in [-0.15, -0.1) is 11.3 Å². The van der Waals surface area contributed by atoms with Crippen molar-refractivity contribution < 1.29 is 18.7 Å². The summed E-state index contributed by atoms with van der Waals surface area (Å²) in [5.41, 5.74) is 0.851. The van der Waals surface area contributed by atoms with E-state index in [9.17, 15) is 14.0 Å². The zero-order chi connectivity index (χ0) is 23.8. The lowest BCUT2D eigenvalue weighted by molar-refractivity contribution is -0.133. The van der Waals surface area contributed by atoms with E-state index in [1.807, 2.05) is 17.5 Å². The Labute approximate surface area is 205 Å². The molecule has 1 saturated carbocycles. The van der Waals surface area contributed by atoms with Gasteiger partial charge in [-0.3, -0.25) is 4.79 Å². The van der Waals surface area contributed by atoms with Gasteiger partial charge in [0.05, 0.1) is 12.6 Å². The number of hydrogen-bond donors (Lipinski definition) is 1. The highest BCUT2D eigenvalue weighted by atomic mass is 32.1. The fourth-order valence-corrected chi connectivity index (χ4v) is 5.38. The van der Waals surface area contributed by atoms with Gasteiger partial charge in [-0.25, -0.2) is 9.18 Å². The molecule has 1 aromatic heterocycles. The van der Waals surface area contributed by atoms with Crippen molar-refractivity contribution in [2.45, 2.75) is 70.2 Å². The zero-order valence-electron chi connectivity index (χ0n) is 19.6. The summed E-state index contributed by atoms with van der Waals surface area (Å²) < 4.78 is 19.2. The van der Waals surface area contributed by atoms with Crippen LogP contribution >= 0.6 is 11.3 Å². The van der Waals surface area contributed by atoms with Crippen LogP contribution in [0.1, 0.15) is 55.4 Å². The summed E-state index contributed by atoms with van der Waals surface area (Å²) >= 11 is 1.59. The van der Waals surface area contributed by atoms with Crippen molar-refractivity contribution in [3.63, 3.8) is 0 Å². The Hall–Kier alpha value is -2.45. The highest BCUT2D eigenvalue weighted by molar-refractivity contribution is 7.09. The number of benzene rings is 1. The number of halogens is 1. The largest absolute Gasteiger partial charge is 0.376 e. The van der Waals surface area contributed by atoms with Crippen LogP contribution < -0.4 is 5.32 Å². The number of amides is 3. The molecular weight excluding hydrogens is 453 g/mol. The topological polar surface area (TPSA) is 61.9 Å². The van der Waals surface area contributed by atoms with E-state index < -0.39 is 0 Å². The molecule has 6 nitrogen and oxygen atoms in total. The predicted molar refractivity (Wildman–Crippen MR) is 131 cm³/mol. The normalized spacial score (nSPS) is 18.6. The van der Waals surface area contributed by atoms with Gasteiger partial charge in [-0.1, -0.05) is 37.5 Å². The lowest BCUT2D eigenvalue weighted by Crippen LogP contribution is -2.51. The number of nitrogens with zero attached hydrogens (tertiary/aromatic N) is 2. The molecular formula is C26H34FN3O3S. The summed E-state index contributed by atoms with van der Waals surface area (Å²) in [6, 6.07) is 10.2. The van der Waals surface area contributed by atoms with Crippen LogP contribution in [0.2, 0.25) is 0 Å². The van der Waals surface area contributed by atoms with Crippen molar-refractivity contribution in [3.05, 3.63) is 58.0 Å². The minimum absolute atomic E-state index is 0.00895. The number of thiophene rings is 1. The molecule has 1 saturated heterocycles. The molecule has 1 N–H and O–H groups in total. The van der Waals surface area contributed by atoms with Crippen molar-refractivity contribution in [3.8, 4) is 0 Å². The van der Waals surface area contributed by atoms with Crippen molar-refractivity contribution in [2.24, 2.45) is 0 Å². The second-order valence-corrected chi connectivity index (χ2v) is 10.3. The standard InChI is InChI=1S/C26H34FN3O3S/c27-21-12-10-20(11-13-21)16-29(18-24-9-5-15-34-24)25(31)19-30(17-23-8-4-14-33-23)26(32)28-22-6-2-1-3-7-22/h5,9-13,15,22-23H,1-4,6-8,14,16-19H2,(H,28,32). The molecule has 3 amide bonds. The van der Waals surface area contributed by atoms with Crippen molar-refractivity contribution in [2.75, 3.05) is 19.7 Å². The first-order valence-electron chi connectivity index (χ1n) is 12.3. The molecule has 0 spiro atoms. The number of rotatable bonds is 9. The molecule has 0 radical (unpaired) electrons. The summed E-state index contributed by atoms with van der Waals surface area (Å²) in [5.74, 6) is -0.434. The molecule has 1 aliphatic heterocycles. The molecule has 2 aliphatic rings. The van der Waals surface area contributed by atoms with Gasteiger partial charge >= 0.3 is 6.03 Å². The molecule has 2 heterocycles. The first kappa shape index (κ1) is 24.7. The maximum Gasteiger partial charge on any atom is 0.318 e. The molecule has 1 atom stereocenters. The van der Waals surface area contributed by atoms with Crippen LogP contribution in [-0.2, 0) is 22.6 Å². The van der Waals surface area contributed by atoms with E-state index in [1.165, 1.54) is 18.6 Å². The molecule has 8 heteroatoms. The number of carbonyl (C=O) groups is 2. The van der Waals surface area contributed by atoms with Crippen LogP contribution in [0.3, 0.4) is 0 Å². The van der Waals surface area contributed by atoms with Crippen LogP contribution in [-0.4, -0.2) is 53.6 Å². The van der Waals surface area contributed by atoms with E-state index >= 15 is 0 Å². The van der Waals surface area contributed by atoms with Crippen LogP contribution in [0.5, 0.6) is 0 Å². The maximum absolute atomic E-state index is 13.5. The fourth-order valence-electron chi connectivity index (χ4n) is 4.66. The van der Waals surface area contributed by atoms with Gasteiger partial charge < -0.3 is 19.9 Å². The number of urea groups is 1. The molecule has 1 unspecified atom stereocenters. The van der Waals surface area contributed by atoms with Crippen LogP contribution in [0.4, 0.5) is 9.18 Å². The lowest BCUT2D eigenvalue weighted by Gasteiger charge is -2.31.